The lowest BCUT2D eigenvalue weighted by atomic mass is 10.1. The molecule has 8 heteroatoms. The second-order valence-electron chi connectivity index (χ2n) is 6.86. The van der Waals surface area contributed by atoms with E-state index in [2.05, 4.69) is 41.2 Å². The van der Waals surface area contributed by atoms with Crippen LogP contribution in [0.3, 0.4) is 0 Å². The van der Waals surface area contributed by atoms with E-state index in [-0.39, 0.29) is 0 Å². The number of H-pyrrole nitrogens is 1. The fourth-order valence-corrected chi connectivity index (χ4v) is 4.21. The number of nitrogen functional groups attached to an aromatic ring is 1. The molecule has 0 saturated carbocycles. The molecule has 2 heterocycles. The maximum absolute atomic E-state index is 6.12. The monoisotopic (exact) mass is 422 g/mol. The molecule has 0 aliphatic rings. The molecule has 7 nitrogen and oxygen atoms in total. The maximum Gasteiger partial charge on any atom is 0.294 e. The van der Waals surface area contributed by atoms with Gasteiger partial charge in [0, 0.05) is 6.42 Å². The molecule has 0 aliphatic heterocycles. The minimum Gasteiger partial charge on any atom is -0.497 e. The molecule has 2 aromatic heterocycles. The normalized spacial score (nSPS) is 11.0. The molecule has 4 rings (SSSR count). The van der Waals surface area contributed by atoms with Gasteiger partial charge in [-0.3, -0.25) is 0 Å². The van der Waals surface area contributed by atoms with Gasteiger partial charge in [-0.1, -0.05) is 34.2 Å². The van der Waals surface area contributed by atoms with E-state index < -0.39 is 0 Å². The van der Waals surface area contributed by atoms with Gasteiger partial charge in [-0.25, -0.2) is 4.57 Å². The van der Waals surface area contributed by atoms with Crippen molar-refractivity contribution < 1.29 is 14.0 Å². The molecular formula is C22H24N5O2S+. The molecule has 4 aromatic rings. The van der Waals surface area contributed by atoms with Crippen LogP contribution < -0.4 is 19.8 Å². The van der Waals surface area contributed by atoms with Crippen molar-refractivity contribution in [1.82, 2.24) is 15.0 Å². The Balaban J connectivity index is 1.65. The van der Waals surface area contributed by atoms with Gasteiger partial charge < -0.3 is 20.2 Å². The Morgan fingerprint density at radius 1 is 1.13 bits per heavy atom. The summed E-state index contributed by atoms with van der Waals surface area (Å²) in [6, 6.07) is 14.1. The van der Waals surface area contributed by atoms with Crippen LogP contribution in [0.4, 0.5) is 5.82 Å². The van der Waals surface area contributed by atoms with Gasteiger partial charge in [0.2, 0.25) is 17.3 Å². The van der Waals surface area contributed by atoms with Crippen LogP contribution in [0.5, 0.6) is 11.5 Å². The zero-order valence-electron chi connectivity index (χ0n) is 17.2. The van der Waals surface area contributed by atoms with Crippen LogP contribution in [-0.4, -0.2) is 29.2 Å². The lowest BCUT2D eigenvalue weighted by Crippen LogP contribution is -2.36. The Kier molecular flexibility index (Phi) is 5.76. The number of hydrogen-bond donors (Lipinski definition) is 2. The average molecular weight is 423 g/mol. The van der Waals surface area contributed by atoms with E-state index in [0.29, 0.717) is 11.0 Å². The molecule has 0 saturated heterocycles. The third kappa shape index (κ3) is 4.04. The van der Waals surface area contributed by atoms with E-state index in [9.17, 15) is 0 Å². The summed E-state index contributed by atoms with van der Waals surface area (Å²) < 4.78 is 12.8. The Morgan fingerprint density at radius 2 is 1.97 bits per heavy atom. The number of nitrogens with zero attached hydrogens (tertiary/aromatic N) is 3. The summed E-state index contributed by atoms with van der Waals surface area (Å²) in [5.41, 5.74) is 10.2. The quantitative estimate of drug-likeness (QED) is 0.443. The number of anilines is 1. The lowest BCUT2D eigenvalue weighted by molar-refractivity contribution is -0.675. The number of nitrogens with one attached hydrogen (secondary N) is 1. The second-order valence-corrected chi connectivity index (χ2v) is 7.89. The fourth-order valence-electron chi connectivity index (χ4n) is 3.29. The highest BCUT2D eigenvalue weighted by atomic mass is 32.2. The fraction of sp³-hybridized carbons (Fsp3) is 0.227. The Labute approximate surface area is 179 Å². The summed E-state index contributed by atoms with van der Waals surface area (Å²) in [5, 5.41) is 0.709. The third-order valence-electron chi connectivity index (χ3n) is 4.99. The number of methoxy groups -OCH3 is 2. The SMILES string of the molecule is COc1ccc(OC)c(Sc2nc3c([nH]2)c(N)nc[n+]3CCc2ccccc2C)c1. The zero-order chi connectivity index (χ0) is 21.1. The molecule has 0 bridgehead atoms. The van der Waals surface area contributed by atoms with Crippen LogP contribution in [0.2, 0.25) is 0 Å². The summed E-state index contributed by atoms with van der Waals surface area (Å²) >= 11 is 1.46. The van der Waals surface area contributed by atoms with Crippen molar-refractivity contribution in [1.29, 1.82) is 0 Å². The predicted molar refractivity (Wildman–Crippen MR) is 117 cm³/mol. The summed E-state index contributed by atoms with van der Waals surface area (Å²) in [4.78, 5) is 13.3. The number of fused-ring (bicyclic) bond motifs is 1. The number of nitrogens with two attached hydrogens (primary N) is 1. The first kappa shape index (κ1) is 20.0. The van der Waals surface area contributed by atoms with Crippen LogP contribution >= 0.6 is 11.8 Å². The summed E-state index contributed by atoms with van der Waals surface area (Å²) in [5.74, 6) is 1.93. The number of ether oxygens (including phenoxy) is 2. The molecule has 0 aliphatic carbocycles. The van der Waals surface area contributed by atoms with E-state index in [1.807, 2.05) is 22.8 Å². The zero-order valence-corrected chi connectivity index (χ0v) is 18.0. The second kappa shape index (κ2) is 8.62. The summed E-state index contributed by atoms with van der Waals surface area (Å²) in [7, 11) is 3.28. The highest BCUT2D eigenvalue weighted by Gasteiger charge is 2.20. The Morgan fingerprint density at radius 3 is 2.73 bits per heavy atom. The molecule has 154 valence electrons. The topological polar surface area (TPSA) is 89.9 Å². The molecule has 2 aromatic carbocycles. The first-order valence-electron chi connectivity index (χ1n) is 9.57. The number of aromatic amines is 1. The highest BCUT2D eigenvalue weighted by Crippen LogP contribution is 2.36. The highest BCUT2D eigenvalue weighted by molar-refractivity contribution is 7.99. The average Bonchev–Trinajstić information content (AvgIpc) is 3.19. The minimum absolute atomic E-state index is 0.425. The summed E-state index contributed by atoms with van der Waals surface area (Å²) in [6.07, 6.45) is 2.63. The molecule has 0 radical (unpaired) electrons. The van der Waals surface area contributed by atoms with Crippen molar-refractivity contribution in [2.24, 2.45) is 0 Å². The molecule has 0 amide bonds. The number of aromatic nitrogens is 4. The Bertz CT molecular complexity index is 1190. The first-order chi connectivity index (χ1) is 14.6. The van der Waals surface area contributed by atoms with Crippen LogP contribution in [0, 0.1) is 6.92 Å². The van der Waals surface area contributed by atoms with Gasteiger partial charge >= 0.3 is 0 Å². The molecule has 0 unspecified atom stereocenters. The van der Waals surface area contributed by atoms with Crippen molar-refractivity contribution in [2.45, 2.75) is 29.9 Å². The maximum atomic E-state index is 6.12. The van der Waals surface area contributed by atoms with Crippen molar-refractivity contribution >= 4 is 28.7 Å². The van der Waals surface area contributed by atoms with Crippen molar-refractivity contribution in [3.05, 3.63) is 59.9 Å². The van der Waals surface area contributed by atoms with Crippen molar-refractivity contribution in [3.8, 4) is 11.5 Å². The number of hydrogen-bond acceptors (Lipinski definition) is 6. The molecule has 0 spiro atoms. The summed E-state index contributed by atoms with van der Waals surface area (Å²) in [6.45, 7) is 2.88. The van der Waals surface area contributed by atoms with Crippen LogP contribution in [0.1, 0.15) is 11.1 Å². The third-order valence-corrected chi connectivity index (χ3v) is 5.91. The standard InChI is InChI=1S/C22H23N5O2S/c1-14-6-4-5-7-15(14)10-11-27-13-24-20(23)19-21(27)26-22(25-19)30-18-12-16(28-2)8-9-17(18)29-3/h4-9,12-13H,10-11H2,1-3H3,(H2,23,25,26)/p+1. The molecule has 3 N–H and O–H groups in total. The predicted octanol–water partition coefficient (Wildman–Crippen LogP) is 3.55. The van der Waals surface area contributed by atoms with E-state index in [4.69, 9.17) is 20.2 Å². The molecular weight excluding hydrogens is 398 g/mol. The van der Waals surface area contributed by atoms with Gasteiger partial charge in [-0.05, 0) is 48.0 Å². The van der Waals surface area contributed by atoms with Gasteiger partial charge in [0.15, 0.2) is 5.52 Å². The number of benzene rings is 2. The number of rotatable bonds is 7. The molecule has 0 atom stereocenters. The first-order valence-corrected chi connectivity index (χ1v) is 10.4. The van der Waals surface area contributed by atoms with Crippen molar-refractivity contribution in [3.63, 3.8) is 0 Å². The Hall–Kier alpha value is -3.26. The largest absolute Gasteiger partial charge is 0.497 e. The van der Waals surface area contributed by atoms with Gasteiger partial charge in [0.05, 0.1) is 25.7 Å². The molecule has 0 fully saturated rings. The van der Waals surface area contributed by atoms with Crippen LogP contribution in [0.25, 0.3) is 11.2 Å². The van der Waals surface area contributed by atoms with Gasteiger partial charge in [-0.15, -0.1) is 0 Å². The van der Waals surface area contributed by atoms with Gasteiger partial charge in [0.25, 0.3) is 5.65 Å². The van der Waals surface area contributed by atoms with E-state index in [0.717, 1.165) is 40.5 Å². The van der Waals surface area contributed by atoms with E-state index in [1.165, 1.54) is 22.9 Å². The van der Waals surface area contributed by atoms with Gasteiger partial charge in [-0.2, -0.15) is 0 Å². The van der Waals surface area contributed by atoms with Crippen molar-refractivity contribution in [2.75, 3.05) is 20.0 Å². The molecule has 30 heavy (non-hydrogen) atoms. The lowest BCUT2D eigenvalue weighted by Gasteiger charge is -2.07. The van der Waals surface area contributed by atoms with Crippen LogP contribution in [-0.2, 0) is 13.0 Å². The van der Waals surface area contributed by atoms with E-state index in [1.54, 1.807) is 20.5 Å². The minimum atomic E-state index is 0.425. The smallest absolute Gasteiger partial charge is 0.294 e. The van der Waals surface area contributed by atoms with E-state index >= 15 is 0 Å². The number of imidazole rings is 1. The number of aryl methyl sites for hydroxylation is 3. The van der Waals surface area contributed by atoms with Crippen LogP contribution in [0.15, 0.2) is 58.8 Å². The van der Waals surface area contributed by atoms with Gasteiger partial charge in [0.1, 0.15) is 11.5 Å².